The summed E-state index contributed by atoms with van der Waals surface area (Å²) in [4.78, 5) is 2.41. The van der Waals surface area contributed by atoms with Crippen molar-refractivity contribution >= 4 is 9.84 Å². The molecule has 2 bridgehead atoms. The molecule has 2 aromatic rings. The van der Waals surface area contributed by atoms with E-state index in [2.05, 4.69) is 41.2 Å². The molecule has 2 saturated heterocycles. The second-order valence-corrected chi connectivity index (χ2v) is 10.7. The number of piperidine rings is 1. The van der Waals surface area contributed by atoms with Gasteiger partial charge in [0, 0.05) is 12.1 Å². The number of hydrogen-bond donors (Lipinski definition) is 0. The third kappa shape index (κ3) is 4.42. The predicted molar refractivity (Wildman–Crippen MR) is 115 cm³/mol. The van der Waals surface area contributed by atoms with Crippen LogP contribution in [0.25, 0.3) is 0 Å². The van der Waals surface area contributed by atoms with Crippen LogP contribution in [-0.4, -0.2) is 42.5 Å². The number of sulfone groups is 1. The molecule has 2 aliphatic heterocycles. The van der Waals surface area contributed by atoms with Crippen molar-refractivity contribution in [1.82, 2.24) is 10.1 Å². The summed E-state index contributed by atoms with van der Waals surface area (Å²) >= 11 is 0. The van der Waals surface area contributed by atoms with Gasteiger partial charge in [0.15, 0.2) is 15.6 Å². The normalized spacial score (nSPS) is 24.3. The molecule has 0 N–H and O–H groups in total. The minimum absolute atomic E-state index is 0.0318. The molecule has 2 unspecified atom stereocenters. The zero-order chi connectivity index (χ0) is 21.3. The highest BCUT2D eigenvalue weighted by atomic mass is 32.2. The van der Waals surface area contributed by atoms with Gasteiger partial charge in [-0.05, 0) is 70.1 Å². The van der Waals surface area contributed by atoms with Gasteiger partial charge in [-0.15, -0.1) is 0 Å². The third-order valence-corrected chi connectivity index (χ3v) is 8.33. The lowest BCUT2D eigenvalue weighted by Crippen LogP contribution is -2.48. The Morgan fingerprint density at radius 3 is 2.37 bits per heavy atom. The molecule has 4 rings (SSSR count). The molecule has 0 aliphatic carbocycles. The van der Waals surface area contributed by atoms with E-state index in [0.29, 0.717) is 11.5 Å². The summed E-state index contributed by atoms with van der Waals surface area (Å²) in [5.41, 5.74) is 1.80. The molecule has 1 aromatic carbocycles. The Hall–Kier alpha value is -1.86. The van der Waals surface area contributed by atoms with E-state index in [1.807, 2.05) is 0 Å². The van der Waals surface area contributed by atoms with E-state index in [-0.39, 0.29) is 29.0 Å². The van der Waals surface area contributed by atoms with Crippen molar-refractivity contribution in [3.8, 4) is 5.75 Å². The summed E-state index contributed by atoms with van der Waals surface area (Å²) < 4.78 is 37.4. The number of aromatic nitrogens is 1. The van der Waals surface area contributed by atoms with Gasteiger partial charge in [-0.3, -0.25) is 4.90 Å². The summed E-state index contributed by atoms with van der Waals surface area (Å²) in [5.74, 6) is 1.32. The predicted octanol–water partition coefficient (Wildman–Crippen LogP) is 4.44. The quantitative estimate of drug-likeness (QED) is 0.614. The molecule has 6 nitrogen and oxygen atoms in total. The van der Waals surface area contributed by atoms with Crippen molar-refractivity contribution in [2.24, 2.45) is 0 Å². The Bertz CT molecular complexity index is 934. The molecule has 1 aromatic heterocycles. The first kappa shape index (κ1) is 21.4. The van der Waals surface area contributed by atoms with Crippen molar-refractivity contribution in [3.05, 3.63) is 41.3 Å². The van der Waals surface area contributed by atoms with Gasteiger partial charge < -0.3 is 9.26 Å². The van der Waals surface area contributed by atoms with Gasteiger partial charge in [0.25, 0.3) is 0 Å². The number of ether oxygens (including phenoxy) is 1. The molecule has 0 radical (unpaired) electrons. The van der Waals surface area contributed by atoms with Crippen molar-refractivity contribution in [2.75, 3.05) is 5.88 Å². The lowest BCUT2D eigenvalue weighted by molar-refractivity contribution is 0.0609. The topological polar surface area (TPSA) is 72.6 Å². The molecular formula is C23H32N2O4S. The fraction of sp³-hybridized carbons (Fsp3) is 0.609. The average molecular weight is 433 g/mol. The van der Waals surface area contributed by atoms with Crippen molar-refractivity contribution < 1.29 is 17.7 Å². The minimum Gasteiger partial charge on any atom is -0.490 e. The Balaban J connectivity index is 1.39. The van der Waals surface area contributed by atoms with E-state index < -0.39 is 9.84 Å². The Labute approximate surface area is 179 Å². The first-order valence-corrected chi connectivity index (χ1v) is 12.7. The molecule has 0 amide bonds. The molecule has 7 heteroatoms. The molecule has 0 saturated carbocycles. The summed E-state index contributed by atoms with van der Waals surface area (Å²) in [7, 11) is -3.46. The van der Waals surface area contributed by atoms with Crippen molar-refractivity contribution in [3.63, 3.8) is 0 Å². The summed E-state index contributed by atoms with van der Waals surface area (Å²) in [6, 6.07) is 8.94. The lowest BCUT2D eigenvalue weighted by atomic mass is 10.0. The van der Waals surface area contributed by atoms with Gasteiger partial charge in [-0.1, -0.05) is 30.6 Å². The second-order valence-electron chi connectivity index (χ2n) is 8.76. The van der Waals surface area contributed by atoms with Gasteiger partial charge in [0.1, 0.15) is 22.6 Å². The number of fused-ring (bicyclic) bond motifs is 2. The zero-order valence-corrected chi connectivity index (χ0v) is 19.0. The molecular weight excluding hydrogens is 400 g/mol. The van der Waals surface area contributed by atoms with Crippen LogP contribution in [0.1, 0.15) is 62.5 Å². The van der Waals surface area contributed by atoms with Crippen LogP contribution in [0.15, 0.2) is 33.7 Å². The Morgan fingerprint density at radius 1 is 1.13 bits per heavy atom. The fourth-order valence-corrected chi connectivity index (χ4v) is 6.92. The standard InChI is InChI=1S/C23H32N2O4S/c1-4-5-6-18-7-11-21(12-8-18)28-22-13-19-9-10-20(14-22)25(19)15-30(26,27)23-16(2)24-29-17(23)3/h7-8,11-12,19-20,22H,4-6,9-10,13-15H2,1-3H3/t19-,20?,22?/m1/s1. The molecule has 3 heterocycles. The minimum atomic E-state index is -3.46. The second kappa shape index (κ2) is 8.71. The van der Waals surface area contributed by atoms with E-state index in [9.17, 15) is 8.42 Å². The van der Waals surface area contributed by atoms with Gasteiger partial charge in [0.05, 0.1) is 5.69 Å². The molecule has 2 fully saturated rings. The maximum Gasteiger partial charge on any atom is 0.196 e. The molecule has 164 valence electrons. The van der Waals surface area contributed by atoms with Crippen molar-refractivity contribution in [1.29, 1.82) is 0 Å². The highest BCUT2D eigenvalue weighted by Crippen LogP contribution is 2.38. The highest BCUT2D eigenvalue weighted by Gasteiger charge is 2.44. The number of hydrogen-bond acceptors (Lipinski definition) is 6. The summed E-state index contributed by atoms with van der Waals surface area (Å²) in [6.07, 6.45) is 7.44. The van der Waals surface area contributed by atoms with Crippen LogP contribution in [0.4, 0.5) is 0 Å². The van der Waals surface area contributed by atoms with Gasteiger partial charge in [-0.25, -0.2) is 8.42 Å². The number of benzene rings is 1. The van der Waals surface area contributed by atoms with Crippen LogP contribution in [0.5, 0.6) is 5.75 Å². The smallest absolute Gasteiger partial charge is 0.196 e. The first-order valence-electron chi connectivity index (χ1n) is 11.0. The van der Waals surface area contributed by atoms with E-state index in [4.69, 9.17) is 9.26 Å². The third-order valence-electron chi connectivity index (χ3n) is 6.48. The average Bonchev–Trinajstić information content (AvgIpc) is 3.15. The van der Waals surface area contributed by atoms with E-state index >= 15 is 0 Å². The van der Waals surface area contributed by atoms with E-state index in [1.54, 1.807) is 13.8 Å². The first-order chi connectivity index (χ1) is 14.4. The Morgan fingerprint density at radius 2 is 1.80 bits per heavy atom. The molecule has 0 spiro atoms. The Kier molecular flexibility index (Phi) is 6.21. The summed E-state index contributed by atoms with van der Waals surface area (Å²) in [6.45, 7) is 5.55. The van der Waals surface area contributed by atoms with Crippen LogP contribution >= 0.6 is 0 Å². The van der Waals surface area contributed by atoms with E-state index in [0.717, 1.165) is 37.9 Å². The number of unbranched alkanes of at least 4 members (excludes halogenated alkanes) is 1. The van der Waals surface area contributed by atoms with Crippen LogP contribution in [0, 0.1) is 13.8 Å². The van der Waals surface area contributed by atoms with Gasteiger partial charge in [0.2, 0.25) is 0 Å². The van der Waals surface area contributed by atoms with Gasteiger partial charge in [-0.2, -0.15) is 0 Å². The largest absolute Gasteiger partial charge is 0.490 e. The highest BCUT2D eigenvalue weighted by molar-refractivity contribution is 7.91. The SMILES string of the molecule is CCCCc1ccc(OC2CC3CC[C@H](C2)N3CS(=O)(=O)c2c(C)noc2C)cc1. The van der Waals surface area contributed by atoms with Crippen LogP contribution in [0.3, 0.4) is 0 Å². The molecule has 3 atom stereocenters. The number of nitrogens with zero attached hydrogens (tertiary/aromatic N) is 2. The number of aryl methyl sites for hydroxylation is 3. The van der Waals surface area contributed by atoms with Crippen LogP contribution in [0.2, 0.25) is 0 Å². The zero-order valence-electron chi connectivity index (χ0n) is 18.1. The van der Waals surface area contributed by atoms with Crippen LogP contribution in [-0.2, 0) is 16.3 Å². The monoisotopic (exact) mass is 432 g/mol. The van der Waals surface area contributed by atoms with Gasteiger partial charge >= 0.3 is 0 Å². The maximum atomic E-state index is 13.0. The fourth-order valence-electron chi connectivity index (χ4n) is 5.02. The van der Waals surface area contributed by atoms with Crippen LogP contribution < -0.4 is 4.74 Å². The summed E-state index contributed by atoms with van der Waals surface area (Å²) in [5, 5.41) is 3.82. The molecule has 30 heavy (non-hydrogen) atoms. The van der Waals surface area contributed by atoms with E-state index in [1.165, 1.54) is 18.4 Å². The van der Waals surface area contributed by atoms with Crippen molar-refractivity contribution in [2.45, 2.75) is 88.8 Å². The lowest BCUT2D eigenvalue weighted by Gasteiger charge is -2.38. The maximum absolute atomic E-state index is 13.0. The number of rotatable bonds is 8. The molecule has 2 aliphatic rings.